The van der Waals surface area contributed by atoms with E-state index in [2.05, 4.69) is 10.2 Å². The minimum absolute atomic E-state index is 0. The first kappa shape index (κ1) is 31.1. The average molecular weight is 858 g/mol. The van der Waals surface area contributed by atoms with Crippen LogP contribution in [0.2, 0.25) is 0 Å². The molecular weight excluding hydrogens is 854 g/mol. The SMILES string of the molecule is O=C([O-])c1cc(C(=O)[O-])cc(-n2cnnc2[S-])c1.[Au+].[Cs+].[Cs+].[Cs]. The fourth-order valence-corrected chi connectivity index (χ4v) is 1.59. The molecule has 1 heterocycles. The molecule has 0 aliphatic heterocycles. The van der Waals surface area contributed by atoms with E-state index in [0.29, 0.717) is 0 Å². The van der Waals surface area contributed by atoms with Gasteiger partial charge in [0.25, 0.3) is 0 Å². The number of carbonyl (C=O) groups is 2. The number of nitrogens with zero attached hydrogens (tertiary/aromatic N) is 3. The quantitative estimate of drug-likeness (QED) is 0.223. The van der Waals surface area contributed by atoms with Gasteiger partial charge in [-0.25, -0.2) is 0 Å². The zero-order chi connectivity index (χ0) is 13.3. The first-order valence-corrected chi connectivity index (χ1v) is 5.05. The number of benzene rings is 1. The number of hydrogen-bond donors (Lipinski definition) is 0. The summed E-state index contributed by atoms with van der Waals surface area (Å²) in [4.78, 5) is 21.6. The maximum atomic E-state index is 10.8. The summed E-state index contributed by atoms with van der Waals surface area (Å²) in [6, 6.07) is 3.36. The van der Waals surface area contributed by atoms with Crippen LogP contribution in [0.5, 0.6) is 0 Å². The maximum Gasteiger partial charge on any atom is 1.00 e. The largest absolute Gasteiger partial charge is 1.00 e. The van der Waals surface area contributed by atoms with E-state index in [4.69, 9.17) is 12.6 Å². The van der Waals surface area contributed by atoms with Crippen molar-refractivity contribution in [2.45, 2.75) is 5.16 Å². The second-order valence-electron chi connectivity index (χ2n) is 3.33. The third-order valence-electron chi connectivity index (χ3n) is 2.18. The fraction of sp³-hybridized carbons (Fsp3) is 0. The van der Waals surface area contributed by atoms with Crippen LogP contribution in [0, 0.1) is 0 Å². The molecule has 0 N–H and O–H groups in total. The van der Waals surface area contributed by atoms with Crippen molar-refractivity contribution in [3.8, 4) is 5.69 Å². The van der Waals surface area contributed by atoms with E-state index < -0.39 is 11.9 Å². The number of carbonyl (C=O) groups excluding carboxylic acids is 2. The topological polar surface area (TPSA) is 111 Å². The summed E-state index contributed by atoms with van der Waals surface area (Å²) in [5.74, 6) is -3.00. The van der Waals surface area contributed by atoms with E-state index in [1.54, 1.807) is 0 Å². The fourth-order valence-electron chi connectivity index (χ4n) is 1.39. The van der Waals surface area contributed by atoms with Crippen LogP contribution in [0.3, 0.4) is 0 Å². The molecule has 0 saturated heterocycles. The van der Waals surface area contributed by atoms with Crippen molar-refractivity contribution in [2.75, 3.05) is 0 Å². The second kappa shape index (κ2) is 15.4. The number of hydrogen-bond acceptors (Lipinski definition) is 7. The van der Waals surface area contributed by atoms with Crippen LogP contribution in [0.25, 0.3) is 5.69 Å². The smallest absolute Gasteiger partial charge is 0.740 e. The standard InChI is InChI=1S/C10H7N3O4S.Au.3Cs/c14-8(15)5-1-6(9(16)17)3-7(2-5)13-4-11-12-10(13)18;;;;/h1-4H,(H,12,18)(H,14,15)(H,16,17);;;;/q;+1;;2*+1/p-3. The van der Waals surface area contributed by atoms with Gasteiger partial charge in [-0.1, -0.05) is 0 Å². The van der Waals surface area contributed by atoms with E-state index in [9.17, 15) is 19.8 Å². The molecular formula is C10H4AuCs3N3O4S. The van der Waals surface area contributed by atoms with Gasteiger partial charge in [0.1, 0.15) is 6.33 Å². The summed E-state index contributed by atoms with van der Waals surface area (Å²) in [6.45, 7) is 0. The Morgan fingerprint density at radius 1 is 1.05 bits per heavy atom. The van der Waals surface area contributed by atoms with Gasteiger partial charge >= 0.3 is 160 Å². The molecule has 0 aliphatic rings. The molecule has 0 bridgehead atoms. The monoisotopic (exact) mass is 858 g/mol. The molecule has 22 heavy (non-hydrogen) atoms. The van der Waals surface area contributed by atoms with Crippen LogP contribution in [0.15, 0.2) is 29.7 Å². The summed E-state index contributed by atoms with van der Waals surface area (Å²) < 4.78 is 1.27. The number of aromatic carboxylic acids is 2. The predicted molar refractivity (Wildman–Crippen MR) is 61.4 cm³/mol. The maximum absolute atomic E-state index is 10.8. The normalized spacial score (nSPS) is 8.36. The Balaban J connectivity index is -0.000000902. The molecule has 1 aromatic carbocycles. The Morgan fingerprint density at radius 2 is 1.50 bits per heavy atom. The molecule has 2 rings (SSSR count). The summed E-state index contributed by atoms with van der Waals surface area (Å²) in [5.41, 5.74) is -0.379. The number of aromatic nitrogens is 3. The van der Waals surface area contributed by atoms with Crippen LogP contribution < -0.4 is 148 Å². The molecule has 0 amide bonds. The van der Waals surface area contributed by atoms with Gasteiger partial charge in [-0.2, -0.15) is 5.10 Å². The van der Waals surface area contributed by atoms with E-state index in [1.165, 1.54) is 23.0 Å². The molecule has 0 saturated carbocycles. The molecule has 103 valence electrons. The zero-order valence-electron chi connectivity index (χ0n) is 12.0. The first-order valence-electron chi connectivity index (χ1n) is 4.64. The molecule has 0 unspecified atom stereocenters. The molecule has 1 radical (unpaired) electrons. The van der Waals surface area contributed by atoms with Crippen LogP contribution in [-0.2, 0) is 35.0 Å². The summed E-state index contributed by atoms with van der Waals surface area (Å²) in [7, 11) is 0. The van der Waals surface area contributed by atoms with Crippen molar-refractivity contribution >= 4 is 93.5 Å². The van der Waals surface area contributed by atoms with E-state index in [1.807, 2.05) is 0 Å². The minimum atomic E-state index is -1.50. The zero-order valence-corrected chi connectivity index (χ0v) is 33.8. The summed E-state index contributed by atoms with van der Waals surface area (Å²) in [5, 5.41) is 28.7. The Kier molecular flexibility index (Phi) is 21.7. The van der Waals surface area contributed by atoms with Crippen molar-refractivity contribution in [1.29, 1.82) is 0 Å². The first-order chi connectivity index (χ1) is 8.49. The third-order valence-corrected chi connectivity index (χ3v) is 2.46. The summed E-state index contributed by atoms with van der Waals surface area (Å²) >= 11 is 4.85. The molecule has 0 aliphatic carbocycles. The van der Waals surface area contributed by atoms with Gasteiger partial charge in [-0.15, -0.1) is 5.10 Å². The van der Waals surface area contributed by atoms with E-state index in [0.717, 1.165) is 6.07 Å². The Hall–Kier alpha value is 4.42. The van der Waals surface area contributed by atoms with Gasteiger partial charge in [0.15, 0.2) is 0 Å². The van der Waals surface area contributed by atoms with Gasteiger partial charge in [0.2, 0.25) is 0 Å². The molecule has 1 aromatic heterocycles. The van der Waals surface area contributed by atoms with Crippen molar-refractivity contribution < 1.29 is 180 Å². The minimum Gasteiger partial charge on any atom is -0.740 e. The van der Waals surface area contributed by atoms with Crippen molar-refractivity contribution in [2.24, 2.45) is 0 Å². The van der Waals surface area contributed by atoms with Gasteiger partial charge < -0.3 is 37.0 Å². The van der Waals surface area contributed by atoms with Gasteiger partial charge in [0, 0.05) is 79.7 Å². The van der Waals surface area contributed by atoms with Crippen LogP contribution >= 0.6 is 0 Å². The molecule has 7 nitrogen and oxygen atoms in total. The number of carboxylic acid groups (broad SMARTS) is 2. The van der Waals surface area contributed by atoms with Crippen molar-refractivity contribution in [1.82, 2.24) is 14.8 Å². The second-order valence-corrected chi connectivity index (χ2v) is 3.69. The Morgan fingerprint density at radius 3 is 1.82 bits per heavy atom. The molecule has 0 spiro atoms. The molecule has 0 atom stereocenters. The molecule has 0 fully saturated rings. The summed E-state index contributed by atoms with van der Waals surface area (Å²) in [6.07, 6.45) is 1.25. The average Bonchev–Trinajstić information content (AvgIpc) is 2.74. The molecule has 2 aromatic rings. The third kappa shape index (κ3) is 9.07. The van der Waals surface area contributed by atoms with Gasteiger partial charge in [-0.05, 0) is 29.3 Å². The van der Waals surface area contributed by atoms with Crippen molar-refractivity contribution in [3.63, 3.8) is 0 Å². The van der Waals surface area contributed by atoms with Gasteiger partial charge in [-0.3, -0.25) is 0 Å². The number of rotatable bonds is 3. The predicted octanol–water partition coefficient (Wildman–Crippen LogP) is -8.48. The van der Waals surface area contributed by atoms with E-state index in [-0.39, 0.29) is 251 Å². The Labute approximate surface area is 324 Å². The number of carboxylic acids is 2. The van der Waals surface area contributed by atoms with Crippen LogP contribution in [-0.4, -0.2) is 95.6 Å². The van der Waals surface area contributed by atoms with Crippen molar-refractivity contribution in [3.05, 3.63) is 35.7 Å². The van der Waals surface area contributed by atoms with Crippen LogP contribution in [0.1, 0.15) is 20.7 Å². The van der Waals surface area contributed by atoms with Crippen LogP contribution in [0.4, 0.5) is 0 Å². The van der Waals surface area contributed by atoms with E-state index >= 15 is 0 Å². The molecule has 12 heteroatoms. The van der Waals surface area contributed by atoms with Gasteiger partial charge in [0.05, 0.1) is 11.9 Å². The Bertz CT molecular complexity index is 624.